The number of hydrogen-bond donors (Lipinski definition) is 2. The Morgan fingerprint density at radius 3 is 0.920 bits per heavy atom. The van der Waals surface area contributed by atoms with Crippen LogP contribution in [0.15, 0.2) is 48.6 Å². The second kappa shape index (κ2) is 69.8. The van der Waals surface area contributed by atoms with Crippen LogP contribution in [0, 0.1) is 0 Å². The van der Waals surface area contributed by atoms with Crippen LogP contribution in [0.3, 0.4) is 0 Å². The molecule has 0 spiro atoms. The van der Waals surface area contributed by atoms with Gasteiger partial charge in [0.2, 0.25) is 5.91 Å². The number of rotatable bonds is 73. The van der Waals surface area contributed by atoms with E-state index in [1.54, 1.807) is 6.08 Å². The molecule has 88 heavy (non-hydrogen) atoms. The van der Waals surface area contributed by atoms with Crippen molar-refractivity contribution in [2.24, 2.45) is 0 Å². The van der Waals surface area contributed by atoms with Gasteiger partial charge in [0.15, 0.2) is 0 Å². The molecule has 0 aliphatic heterocycles. The Kier molecular flexibility index (Phi) is 68.6. The zero-order valence-corrected chi connectivity index (χ0v) is 60.6. The Morgan fingerprint density at radius 2 is 0.636 bits per heavy atom. The number of nitrogens with one attached hydrogen (secondary N) is 1. The summed E-state index contributed by atoms with van der Waals surface area (Å²) in [5, 5.41) is 14.0. The molecule has 3 atom stereocenters. The van der Waals surface area contributed by atoms with Crippen molar-refractivity contribution in [2.75, 3.05) is 40.9 Å². The molecule has 2 N–H and O–H groups in total. The third-order valence-corrected chi connectivity index (χ3v) is 19.0. The van der Waals surface area contributed by atoms with Crippen molar-refractivity contribution in [3.63, 3.8) is 0 Å². The summed E-state index contributed by atoms with van der Waals surface area (Å²) in [6, 6.07) is -0.911. The summed E-state index contributed by atoms with van der Waals surface area (Å²) in [4.78, 5) is 25.7. The maximum Gasteiger partial charge on any atom is 0.268 e. The van der Waals surface area contributed by atoms with Crippen LogP contribution in [0.5, 0.6) is 0 Å². The van der Waals surface area contributed by atoms with Gasteiger partial charge in [0.1, 0.15) is 13.2 Å². The number of phosphoric ester groups is 1. The number of allylic oxidation sites excluding steroid dienone is 7. The first kappa shape index (κ1) is 86.5. The Balaban J connectivity index is 4.00. The molecule has 0 radical (unpaired) electrons. The molecular formula is C79H153N2O6P. The first-order valence-electron chi connectivity index (χ1n) is 39.0. The number of carbonyl (C=O) groups is 1. The van der Waals surface area contributed by atoms with E-state index in [4.69, 9.17) is 9.05 Å². The molecule has 0 rings (SSSR count). The average Bonchev–Trinajstić information content (AvgIpc) is 3.70. The fourth-order valence-corrected chi connectivity index (χ4v) is 12.7. The third-order valence-electron chi connectivity index (χ3n) is 18.0. The number of carbonyl (C=O) groups excluding carboxylic acids is 1. The Hall–Kier alpha value is -1.54. The lowest BCUT2D eigenvalue weighted by atomic mass is 10.0. The fourth-order valence-electron chi connectivity index (χ4n) is 12.0. The molecule has 0 aliphatic rings. The van der Waals surface area contributed by atoms with Gasteiger partial charge in [0.05, 0.1) is 39.9 Å². The summed E-state index contributed by atoms with van der Waals surface area (Å²) in [6.07, 6.45) is 95.7. The van der Waals surface area contributed by atoms with Gasteiger partial charge in [-0.15, -0.1) is 0 Å². The van der Waals surface area contributed by atoms with Crippen LogP contribution in [-0.4, -0.2) is 68.5 Å². The maximum absolute atomic E-state index is 13.1. The molecule has 0 bridgehead atoms. The van der Waals surface area contributed by atoms with Gasteiger partial charge < -0.3 is 28.8 Å². The van der Waals surface area contributed by atoms with Crippen LogP contribution in [0.1, 0.15) is 399 Å². The van der Waals surface area contributed by atoms with Crippen LogP contribution in [0.25, 0.3) is 0 Å². The van der Waals surface area contributed by atoms with Crippen LogP contribution < -0.4 is 10.2 Å². The van der Waals surface area contributed by atoms with E-state index in [0.717, 1.165) is 44.9 Å². The molecular weight excluding hydrogens is 1100 g/mol. The second-order valence-electron chi connectivity index (χ2n) is 28.0. The molecule has 0 heterocycles. The van der Waals surface area contributed by atoms with Crippen LogP contribution in [-0.2, 0) is 18.4 Å². The van der Waals surface area contributed by atoms with Crippen molar-refractivity contribution >= 4 is 13.7 Å². The van der Waals surface area contributed by atoms with Crippen LogP contribution in [0.2, 0.25) is 0 Å². The van der Waals surface area contributed by atoms with Gasteiger partial charge in [-0.3, -0.25) is 9.36 Å². The molecule has 0 saturated carbocycles. The lowest BCUT2D eigenvalue weighted by Crippen LogP contribution is -2.45. The van der Waals surface area contributed by atoms with Gasteiger partial charge in [-0.05, 0) is 70.6 Å². The minimum Gasteiger partial charge on any atom is -0.756 e. The highest BCUT2D eigenvalue weighted by molar-refractivity contribution is 7.45. The highest BCUT2D eigenvalue weighted by Gasteiger charge is 2.23. The highest BCUT2D eigenvalue weighted by atomic mass is 31.2. The second-order valence-corrected chi connectivity index (χ2v) is 29.5. The molecule has 9 heteroatoms. The Bertz CT molecular complexity index is 1580. The van der Waals surface area contributed by atoms with Gasteiger partial charge in [-0.25, -0.2) is 0 Å². The number of quaternary nitrogens is 1. The number of likely N-dealkylation sites (N-methyl/N-ethyl adjacent to an activating group) is 1. The van der Waals surface area contributed by atoms with Crippen molar-refractivity contribution in [1.82, 2.24) is 5.32 Å². The van der Waals surface area contributed by atoms with E-state index in [0.29, 0.717) is 17.4 Å². The highest BCUT2D eigenvalue weighted by Crippen LogP contribution is 2.38. The first-order chi connectivity index (χ1) is 43.0. The van der Waals surface area contributed by atoms with Crippen molar-refractivity contribution in [2.45, 2.75) is 411 Å². The van der Waals surface area contributed by atoms with Gasteiger partial charge in [-0.1, -0.05) is 371 Å². The molecule has 1 amide bonds. The summed E-state index contributed by atoms with van der Waals surface area (Å²) in [7, 11) is 1.25. The zero-order chi connectivity index (χ0) is 64.1. The summed E-state index contributed by atoms with van der Waals surface area (Å²) >= 11 is 0. The van der Waals surface area contributed by atoms with Gasteiger partial charge >= 0.3 is 0 Å². The van der Waals surface area contributed by atoms with Crippen molar-refractivity contribution < 1.29 is 32.9 Å². The lowest BCUT2D eigenvalue weighted by Gasteiger charge is -2.29. The number of aliphatic hydroxyl groups excluding tert-OH is 1. The summed E-state index contributed by atoms with van der Waals surface area (Å²) < 4.78 is 23.5. The van der Waals surface area contributed by atoms with Crippen molar-refractivity contribution in [3.05, 3.63) is 48.6 Å². The van der Waals surface area contributed by atoms with Crippen LogP contribution in [0.4, 0.5) is 0 Å². The standard InChI is InChI=1S/C79H153N2O6P/c1-6-8-10-12-14-16-18-20-22-24-26-28-30-32-34-36-37-38-39-40-41-42-43-45-47-49-51-53-55-57-59-61-63-65-67-69-71-73-79(83)80-77(76-87-88(84,85)86-75-74-81(3,4)5)78(82)72-70-68-66-64-62-60-58-56-54-52-50-48-46-44-35-33-31-29-27-25-23-21-19-17-15-13-11-9-7-2/h24,26,54,56,62,64,70,72,77-78,82H,6-23,25,27-53,55,57-61,63,65-69,71,73-76H2,1-5H3,(H-,80,83,84,85)/b26-24-,56-54+,64-62+,72-70+. The normalized spacial score (nSPS) is 13.8. The predicted molar refractivity (Wildman–Crippen MR) is 385 cm³/mol. The summed E-state index contributed by atoms with van der Waals surface area (Å²) in [6.45, 7) is 4.68. The topological polar surface area (TPSA) is 108 Å². The quantitative estimate of drug-likeness (QED) is 0.0272. The third kappa shape index (κ3) is 71.9. The molecule has 0 aliphatic carbocycles. The largest absolute Gasteiger partial charge is 0.756 e. The predicted octanol–water partition coefficient (Wildman–Crippen LogP) is 24.7. The Morgan fingerprint density at radius 1 is 0.386 bits per heavy atom. The van der Waals surface area contributed by atoms with E-state index < -0.39 is 26.6 Å². The van der Waals surface area contributed by atoms with E-state index in [-0.39, 0.29) is 12.5 Å². The summed E-state index contributed by atoms with van der Waals surface area (Å²) in [5.41, 5.74) is 0. The van der Waals surface area contributed by atoms with E-state index in [9.17, 15) is 19.4 Å². The minimum atomic E-state index is -4.62. The van der Waals surface area contributed by atoms with E-state index in [2.05, 4.69) is 55.6 Å². The molecule has 0 fully saturated rings. The molecule has 0 aromatic carbocycles. The number of hydrogen-bond acceptors (Lipinski definition) is 6. The number of aliphatic hydroxyl groups is 1. The number of nitrogens with zero attached hydrogens (tertiary/aromatic N) is 1. The fraction of sp³-hybridized carbons (Fsp3) is 0.886. The van der Waals surface area contributed by atoms with E-state index in [1.807, 2.05) is 27.2 Å². The molecule has 3 unspecified atom stereocenters. The number of phosphoric acid groups is 1. The van der Waals surface area contributed by atoms with E-state index in [1.165, 1.54) is 334 Å². The van der Waals surface area contributed by atoms with Crippen molar-refractivity contribution in [3.8, 4) is 0 Å². The molecule has 520 valence electrons. The molecule has 8 nitrogen and oxygen atoms in total. The lowest BCUT2D eigenvalue weighted by molar-refractivity contribution is -0.870. The monoisotopic (exact) mass is 1260 g/mol. The van der Waals surface area contributed by atoms with Crippen LogP contribution >= 0.6 is 7.82 Å². The number of unbranched alkanes of at least 4 members (excludes halogenated alkanes) is 54. The molecule has 0 aromatic rings. The number of amides is 1. The van der Waals surface area contributed by atoms with Crippen molar-refractivity contribution in [1.29, 1.82) is 0 Å². The SMILES string of the molecule is CCCCCCCCCC/C=C\CCCCCCCCCCCCCCCCCCCCCCCCCCCC(=O)NC(COP(=O)([O-])OCC[N+](C)(C)C)C(O)/C=C/CC/C=C/CC/C=C/CCCCCCCCCCCCCCCCCCCCC. The van der Waals surface area contributed by atoms with Gasteiger partial charge in [0.25, 0.3) is 7.82 Å². The minimum absolute atomic E-state index is 0.00771. The molecule has 0 saturated heterocycles. The summed E-state index contributed by atoms with van der Waals surface area (Å²) in [5.74, 6) is -0.203. The van der Waals surface area contributed by atoms with E-state index >= 15 is 0 Å². The zero-order valence-electron chi connectivity index (χ0n) is 59.7. The maximum atomic E-state index is 13.1. The average molecular weight is 1260 g/mol. The van der Waals surface area contributed by atoms with Gasteiger partial charge in [-0.2, -0.15) is 0 Å². The Labute approximate surface area is 549 Å². The molecule has 0 aromatic heterocycles. The van der Waals surface area contributed by atoms with Gasteiger partial charge in [0, 0.05) is 6.42 Å². The first-order valence-corrected chi connectivity index (χ1v) is 40.5. The smallest absolute Gasteiger partial charge is 0.268 e.